The Morgan fingerprint density at radius 2 is 0.881 bits per heavy atom. The van der Waals surface area contributed by atoms with Gasteiger partial charge >= 0.3 is 49.9 Å². The summed E-state index contributed by atoms with van der Waals surface area (Å²) < 4.78 is 137. The molecule has 0 aliphatic rings. The first-order chi connectivity index (χ1) is 48.3. The van der Waals surface area contributed by atoms with E-state index in [2.05, 4.69) is 79.6 Å². The van der Waals surface area contributed by atoms with E-state index < -0.39 is 38.0 Å². The number of hydrogen-bond acceptors (Lipinski definition) is 22. The number of esters is 2. The van der Waals surface area contributed by atoms with Crippen LogP contribution in [0.25, 0.3) is 22.3 Å². The number of aliphatic hydroxyl groups is 1. The molecule has 0 unspecified atom stereocenters. The molecule has 28 nitrogen and oxygen atoms in total. The van der Waals surface area contributed by atoms with E-state index >= 15 is 0 Å². The summed E-state index contributed by atoms with van der Waals surface area (Å²) >= 11 is 3.29. The molecule has 101 heavy (non-hydrogen) atoms. The number of phenols is 1. The third-order valence-electron chi connectivity index (χ3n) is 13.2. The van der Waals surface area contributed by atoms with Crippen LogP contribution in [0.5, 0.6) is 28.7 Å². The van der Waals surface area contributed by atoms with Crippen molar-refractivity contribution >= 4 is 50.2 Å². The smallest absolute Gasteiger partial charge is 0.437 e. The monoisotopic (exact) mass is 1490 g/mol. The van der Waals surface area contributed by atoms with Crippen molar-refractivity contribution in [1.82, 2.24) is 58.2 Å². The number of nitrogens with one attached hydrogen (secondary N) is 1. The van der Waals surface area contributed by atoms with Gasteiger partial charge in [0.1, 0.15) is 54.5 Å². The second-order valence-electron chi connectivity index (χ2n) is 20.3. The quantitative estimate of drug-likeness (QED) is 0.0308. The number of aryl methyl sites for hydroxylation is 5. The lowest BCUT2D eigenvalue weighted by Gasteiger charge is -2.05. The fourth-order valence-corrected chi connectivity index (χ4v) is 8.87. The summed E-state index contributed by atoms with van der Waals surface area (Å²) in [5, 5.41) is 28.2. The molecule has 538 valence electrons. The van der Waals surface area contributed by atoms with Crippen molar-refractivity contribution in [2.45, 2.75) is 78.2 Å². The van der Waals surface area contributed by atoms with Crippen LogP contribution < -0.4 is 41.6 Å². The van der Waals surface area contributed by atoms with Gasteiger partial charge in [0.15, 0.2) is 22.3 Å². The molecule has 0 aliphatic carbocycles. The zero-order chi connectivity index (χ0) is 73.5. The highest BCUT2D eigenvalue weighted by Gasteiger charge is 2.16. The molecule has 0 bridgehead atoms. The molecule has 0 saturated heterocycles. The second-order valence-corrected chi connectivity index (χ2v) is 21.1. The summed E-state index contributed by atoms with van der Waals surface area (Å²) in [7, 11) is 6.03. The molecule has 11 rings (SSSR count). The minimum absolute atomic E-state index is 0.0334. The molecule has 0 radical (unpaired) electrons. The van der Waals surface area contributed by atoms with E-state index in [0.717, 1.165) is 38.7 Å². The Labute approximate surface area is 573 Å². The van der Waals surface area contributed by atoms with Crippen LogP contribution in [0.2, 0.25) is 0 Å². The summed E-state index contributed by atoms with van der Waals surface area (Å²) in [5.74, 6) is -1.14. The molecule has 3 N–H and O–H groups in total. The number of phenolic OH excluding ortho intramolecular Hbond substituents is 1. The van der Waals surface area contributed by atoms with E-state index in [4.69, 9.17) is 19.0 Å². The second kappa shape index (κ2) is 39.8. The SMILES string of the molecule is COC(=O)Cc1ccc(O)cc1.COC(=O)Cc1ccc(OC(F)F)cc1.Cn1cnc2ncn(Cc3n[nH]c(=O)o3)c(=O)c21.Cn1cnc2ncn(Cc3nn(CCc4ccc(OC(F)F)cc4)c(=O)o3)c(=O)c21.FC(F)Oc1ccc(CCBr)cc1.OCCc1ccc(OC(F)F)cc1. The van der Waals surface area contributed by atoms with Crippen molar-refractivity contribution in [3.05, 3.63) is 228 Å². The number of fused-ring (bicyclic) bond motifs is 2. The third kappa shape index (κ3) is 26.4. The Morgan fingerprint density at radius 1 is 0.515 bits per heavy atom. The number of nitrogens with zero attached hydrogens (tertiary/aromatic N) is 11. The topological polar surface area (TPSA) is 342 Å². The van der Waals surface area contributed by atoms with Crippen molar-refractivity contribution in [2.24, 2.45) is 14.1 Å². The lowest BCUT2D eigenvalue weighted by Crippen LogP contribution is -2.22. The van der Waals surface area contributed by atoms with Crippen LogP contribution >= 0.6 is 15.9 Å². The summed E-state index contributed by atoms with van der Waals surface area (Å²) in [6.07, 6.45) is 7.85. The number of methoxy groups -OCH3 is 2. The van der Waals surface area contributed by atoms with E-state index in [1.165, 1.54) is 109 Å². The number of rotatable bonds is 23. The molecular weight excluding hydrogens is 1420 g/mol. The Bertz CT molecular complexity index is 4530. The summed E-state index contributed by atoms with van der Waals surface area (Å²) in [5.41, 5.74) is 5.13. The first kappa shape index (κ1) is 78.5. The van der Waals surface area contributed by atoms with Gasteiger partial charge < -0.3 is 56.6 Å². The van der Waals surface area contributed by atoms with E-state index in [1.807, 2.05) is 0 Å². The van der Waals surface area contributed by atoms with Gasteiger partial charge in [-0.1, -0.05) is 76.6 Å². The molecule has 11 aromatic rings. The van der Waals surface area contributed by atoms with E-state index in [-0.39, 0.29) is 103 Å². The Balaban J connectivity index is 0.000000198. The molecule has 0 spiro atoms. The van der Waals surface area contributed by atoms with Crippen molar-refractivity contribution < 1.29 is 92.2 Å². The molecule has 37 heteroatoms. The maximum atomic E-state index is 12.6. The number of aromatic hydroxyl groups is 1. The van der Waals surface area contributed by atoms with E-state index in [1.54, 1.807) is 83.9 Å². The van der Waals surface area contributed by atoms with Crippen LogP contribution in [-0.2, 0) is 84.9 Å². The van der Waals surface area contributed by atoms with Crippen LogP contribution in [0.15, 0.2) is 175 Å². The largest absolute Gasteiger partial charge is 0.508 e. The van der Waals surface area contributed by atoms with Crippen molar-refractivity contribution in [3.63, 3.8) is 0 Å². The number of H-pyrrole nitrogens is 1. The average Bonchev–Trinajstić information content (AvgIpc) is 1.69. The molecule has 0 aliphatic heterocycles. The van der Waals surface area contributed by atoms with Crippen LogP contribution in [-0.4, -0.2) is 133 Å². The van der Waals surface area contributed by atoms with Crippen molar-refractivity contribution in [2.75, 3.05) is 26.2 Å². The Hall–Kier alpha value is -11.5. The lowest BCUT2D eigenvalue weighted by atomic mass is 10.1. The van der Waals surface area contributed by atoms with Gasteiger partial charge in [0, 0.05) is 26.0 Å². The van der Waals surface area contributed by atoms with Crippen molar-refractivity contribution in [1.29, 1.82) is 0 Å². The highest BCUT2D eigenvalue weighted by molar-refractivity contribution is 9.09. The number of hydrogen-bond donors (Lipinski definition) is 3. The van der Waals surface area contributed by atoms with E-state index in [9.17, 15) is 63.9 Å². The molecule has 5 aromatic carbocycles. The maximum absolute atomic E-state index is 12.6. The molecule has 0 atom stereocenters. The molecule has 0 amide bonds. The van der Waals surface area contributed by atoms with Gasteiger partial charge in [-0.3, -0.25) is 28.3 Å². The number of halogens is 9. The fourth-order valence-electron chi connectivity index (χ4n) is 8.41. The number of aromatic amines is 1. The number of carbonyl (C=O) groups excluding carboxylic acids is 2. The van der Waals surface area contributed by atoms with Crippen LogP contribution in [0.1, 0.15) is 39.6 Å². The number of alkyl halides is 9. The van der Waals surface area contributed by atoms with E-state index in [0.29, 0.717) is 40.7 Å². The van der Waals surface area contributed by atoms with Crippen LogP contribution in [0.3, 0.4) is 0 Å². The highest BCUT2D eigenvalue weighted by atomic mass is 79.9. The van der Waals surface area contributed by atoms with Gasteiger partial charge in [0.25, 0.3) is 11.1 Å². The number of benzene rings is 5. The molecule has 6 aromatic heterocycles. The molecule has 6 heterocycles. The number of imidazole rings is 2. The number of aliphatic hydroxyl groups excluding tert-OH is 1. The fraction of sp³-hybridized carbons (Fsp3) is 0.281. The van der Waals surface area contributed by atoms with Gasteiger partial charge in [-0.15, -0.1) is 10.2 Å². The molecular formula is C64H63BrF8N12O16. The predicted octanol–water partition coefficient (Wildman–Crippen LogP) is 8.19. The minimum Gasteiger partial charge on any atom is -0.508 e. The zero-order valence-electron chi connectivity index (χ0n) is 53.7. The lowest BCUT2D eigenvalue weighted by molar-refractivity contribution is -0.140. The zero-order valence-corrected chi connectivity index (χ0v) is 55.3. The Morgan fingerprint density at radius 3 is 1.25 bits per heavy atom. The number of aromatic nitrogens is 12. The van der Waals surface area contributed by atoms with Gasteiger partial charge in [-0.25, -0.2) is 34.6 Å². The summed E-state index contributed by atoms with van der Waals surface area (Å²) in [4.78, 5) is 85.3. The molecule has 0 saturated carbocycles. The summed E-state index contributed by atoms with van der Waals surface area (Å²) in [6.45, 7) is -11.0. The minimum atomic E-state index is -2.88. The highest BCUT2D eigenvalue weighted by Crippen LogP contribution is 2.20. The first-order valence-corrected chi connectivity index (χ1v) is 30.5. The number of ether oxygens (including phenoxy) is 6. The predicted molar refractivity (Wildman–Crippen MR) is 345 cm³/mol. The maximum Gasteiger partial charge on any atom is 0.437 e. The van der Waals surface area contributed by atoms with Gasteiger partial charge in [-0.2, -0.15) is 39.8 Å². The van der Waals surface area contributed by atoms with Crippen LogP contribution in [0, 0.1) is 0 Å². The third-order valence-corrected chi connectivity index (χ3v) is 13.6. The standard InChI is InChI=1S/C18H16F2N6O4.C10H10F2O3.C9H9BrF2O.C9H10F2O2.C9H8N6O3.C9H10O3/c1-24-9-21-15-14(24)16(27)25(10-22-15)8-13-23-26(18(28)30-13)7-6-11-2-4-12(5-3-11)29-17(19)20;1-14-9(13)6-7-2-4-8(5-3-7)15-10(11)12;10-6-5-7-1-3-8(4-2-7)13-9(11)12;10-9(11)13-8-3-1-7(2-4-8)5-6-12;1-14-3-10-7-6(14)8(16)15(4-11-7)2-5-12-13-9(17)18-5;1-12-9(11)6-7-2-4-8(10)5-3-7/h2-5,9-10,17H,6-8H2,1H3;2-5,10H,6H2,1H3;1-4,9H,5-6H2;1-4,9,12H,5-6H2;3-4H,2H2,1H3,(H,13,17);2-5,10H,6H2,1H3. The number of carbonyl (C=O) groups is 2. The first-order valence-electron chi connectivity index (χ1n) is 29.4. The molecule has 0 fully saturated rings. The van der Waals surface area contributed by atoms with Crippen LogP contribution in [0.4, 0.5) is 35.1 Å². The van der Waals surface area contributed by atoms with Gasteiger partial charge in [0.05, 0.1) is 46.3 Å². The normalized spacial score (nSPS) is 10.7. The van der Waals surface area contributed by atoms with Gasteiger partial charge in [-0.05, 0) is 108 Å². The van der Waals surface area contributed by atoms with Crippen molar-refractivity contribution in [3.8, 4) is 28.7 Å². The summed E-state index contributed by atoms with van der Waals surface area (Å²) in [6, 6.07) is 31.2. The Kier molecular flexibility index (Phi) is 30.9. The van der Waals surface area contributed by atoms with Gasteiger partial charge in [0.2, 0.25) is 11.8 Å². The average molecular weight is 1490 g/mol.